The number of urea groups is 1. The molecular formula is C13H25ClN4O2. The minimum absolute atomic E-state index is 0. The van der Waals surface area contributed by atoms with Crippen molar-refractivity contribution < 1.29 is 9.59 Å². The second kappa shape index (κ2) is 7.69. The molecule has 1 unspecified atom stereocenters. The van der Waals surface area contributed by atoms with Crippen LogP contribution in [0.2, 0.25) is 0 Å². The highest BCUT2D eigenvalue weighted by atomic mass is 35.5. The molecule has 0 bridgehead atoms. The number of primary amides is 1. The smallest absolute Gasteiger partial charge is 0.312 e. The summed E-state index contributed by atoms with van der Waals surface area (Å²) in [6.45, 7) is 5.67. The zero-order valence-electron chi connectivity index (χ0n) is 11.9. The maximum absolute atomic E-state index is 12.5. The summed E-state index contributed by atoms with van der Waals surface area (Å²) in [7, 11) is 0. The summed E-state index contributed by atoms with van der Waals surface area (Å²) in [6, 6.07) is -1.07. The molecule has 2 rings (SSSR count). The van der Waals surface area contributed by atoms with Crippen LogP contribution in [0, 0.1) is 11.8 Å². The molecule has 20 heavy (non-hydrogen) atoms. The number of carbonyl (C=O) groups excluding carboxylic acids is 2. The number of carbonyl (C=O) groups is 2. The SMILES string of the molecule is CCCCC(NC(N)=O)C(=O)N1C[C@H]2CNC[C@H]2C1.Cl. The van der Waals surface area contributed by atoms with Crippen LogP contribution in [0.15, 0.2) is 0 Å². The quantitative estimate of drug-likeness (QED) is 0.683. The maximum Gasteiger partial charge on any atom is 0.312 e. The fourth-order valence-corrected chi connectivity index (χ4v) is 3.09. The Morgan fingerprint density at radius 2 is 1.95 bits per heavy atom. The number of nitrogens with one attached hydrogen (secondary N) is 2. The Kier molecular flexibility index (Phi) is 6.55. The first-order valence-electron chi connectivity index (χ1n) is 7.17. The summed E-state index contributed by atoms with van der Waals surface area (Å²) in [4.78, 5) is 25.4. The molecule has 116 valence electrons. The van der Waals surface area contributed by atoms with Crippen molar-refractivity contribution in [2.75, 3.05) is 26.2 Å². The topological polar surface area (TPSA) is 87.5 Å². The minimum Gasteiger partial charge on any atom is -0.352 e. The van der Waals surface area contributed by atoms with Gasteiger partial charge in [0.2, 0.25) is 5.91 Å². The Bertz CT molecular complexity index is 341. The molecule has 2 heterocycles. The fourth-order valence-electron chi connectivity index (χ4n) is 3.09. The van der Waals surface area contributed by atoms with E-state index < -0.39 is 12.1 Å². The summed E-state index contributed by atoms with van der Waals surface area (Å²) in [5.41, 5.74) is 5.16. The van der Waals surface area contributed by atoms with Crippen molar-refractivity contribution in [3.63, 3.8) is 0 Å². The van der Waals surface area contributed by atoms with E-state index in [1.807, 2.05) is 4.90 Å². The molecule has 0 saturated carbocycles. The lowest BCUT2D eigenvalue weighted by Crippen LogP contribution is -2.50. The molecule has 6 nitrogen and oxygen atoms in total. The predicted molar refractivity (Wildman–Crippen MR) is 79.7 cm³/mol. The number of hydrogen-bond donors (Lipinski definition) is 3. The zero-order valence-corrected chi connectivity index (χ0v) is 12.7. The molecular weight excluding hydrogens is 280 g/mol. The van der Waals surface area contributed by atoms with E-state index in [1.165, 1.54) is 0 Å². The molecule has 3 atom stereocenters. The summed E-state index contributed by atoms with van der Waals surface area (Å²) >= 11 is 0. The van der Waals surface area contributed by atoms with Gasteiger partial charge < -0.3 is 21.3 Å². The van der Waals surface area contributed by atoms with Gasteiger partial charge in [0.15, 0.2) is 0 Å². The normalized spacial score (nSPS) is 25.8. The average Bonchev–Trinajstić information content (AvgIpc) is 2.93. The fraction of sp³-hybridized carbons (Fsp3) is 0.846. The number of unbranched alkanes of at least 4 members (excludes halogenated alkanes) is 1. The minimum atomic E-state index is -0.615. The summed E-state index contributed by atoms with van der Waals surface area (Å²) in [6.07, 6.45) is 2.58. The molecule has 0 aliphatic carbocycles. The molecule has 7 heteroatoms. The van der Waals surface area contributed by atoms with Crippen molar-refractivity contribution >= 4 is 24.3 Å². The van der Waals surface area contributed by atoms with Crippen LogP contribution in [0.1, 0.15) is 26.2 Å². The Hall–Kier alpha value is -1.01. The molecule has 2 fully saturated rings. The number of nitrogens with zero attached hydrogens (tertiary/aromatic N) is 1. The van der Waals surface area contributed by atoms with Gasteiger partial charge in [-0.1, -0.05) is 19.8 Å². The van der Waals surface area contributed by atoms with Crippen molar-refractivity contribution in [3.8, 4) is 0 Å². The second-order valence-electron chi connectivity index (χ2n) is 5.63. The molecule has 0 aromatic carbocycles. The van der Waals surface area contributed by atoms with Crippen LogP contribution in [0.4, 0.5) is 4.79 Å². The number of hydrogen-bond acceptors (Lipinski definition) is 3. The van der Waals surface area contributed by atoms with Crippen LogP contribution in [0.5, 0.6) is 0 Å². The Balaban J connectivity index is 0.00000200. The van der Waals surface area contributed by atoms with Gasteiger partial charge in [0.1, 0.15) is 6.04 Å². The van der Waals surface area contributed by atoms with Crippen molar-refractivity contribution in [2.24, 2.45) is 17.6 Å². The summed E-state index contributed by atoms with van der Waals surface area (Å²) in [5.74, 6) is 1.18. The third-order valence-electron chi connectivity index (χ3n) is 4.16. The van der Waals surface area contributed by atoms with E-state index in [1.54, 1.807) is 0 Å². The Labute approximate surface area is 126 Å². The molecule has 2 saturated heterocycles. The molecule has 2 aliphatic rings. The van der Waals surface area contributed by atoms with E-state index >= 15 is 0 Å². The monoisotopic (exact) mass is 304 g/mol. The van der Waals surface area contributed by atoms with Crippen LogP contribution in [0.3, 0.4) is 0 Å². The number of nitrogens with two attached hydrogens (primary N) is 1. The molecule has 3 amide bonds. The summed E-state index contributed by atoms with van der Waals surface area (Å²) < 4.78 is 0. The van der Waals surface area contributed by atoms with Gasteiger partial charge in [-0.05, 0) is 18.3 Å². The molecule has 0 aromatic heterocycles. The van der Waals surface area contributed by atoms with Crippen LogP contribution in [-0.4, -0.2) is 49.1 Å². The van der Waals surface area contributed by atoms with Crippen LogP contribution in [-0.2, 0) is 4.79 Å². The van der Waals surface area contributed by atoms with Gasteiger partial charge >= 0.3 is 6.03 Å². The van der Waals surface area contributed by atoms with Crippen molar-refractivity contribution in [3.05, 3.63) is 0 Å². The molecule has 0 spiro atoms. The standard InChI is InChI=1S/C13H24N4O2.ClH/c1-2-3-4-11(16-13(14)19)12(18)17-7-9-5-15-6-10(9)8-17;/h9-11,15H,2-8H2,1H3,(H3,14,16,19);1H/t9-,10+,11?;. The van der Waals surface area contributed by atoms with Crippen molar-refractivity contribution in [2.45, 2.75) is 32.2 Å². The summed E-state index contributed by atoms with van der Waals surface area (Å²) in [5, 5.41) is 5.94. The highest BCUT2D eigenvalue weighted by Crippen LogP contribution is 2.27. The third kappa shape index (κ3) is 3.99. The zero-order chi connectivity index (χ0) is 13.8. The first kappa shape index (κ1) is 17.0. The first-order valence-corrected chi connectivity index (χ1v) is 7.17. The largest absolute Gasteiger partial charge is 0.352 e. The van der Waals surface area contributed by atoms with Gasteiger partial charge in [0, 0.05) is 26.2 Å². The van der Waals surface area contributed by atoms with E-state index in [0.29, 0.717) is 18.3 Å². The molecule has 2 aliphatic heterocycles. The lowest BCUT2D eigenvalue weighted by Gasteiger charge is -2.24. The second-order valence-corrected chi connectivity index (χ2v) is 5.63. The lowest BCUT2D eigenvalue weighted by atomic mass is 10.0. The predicted octanol–water partition coefficient (Wildman–Crippen LogP) is 0.313. The van der Waals surface area contributed by atoms with E-state index in [4.69, 9.17) is 5.73 Å². The van der Waals surface area contributed by atoms with Crippen molar-refractivity contribution in [1.29, 1.82) is 0 Å². The van der Waals surface area contributed by atoms with E-state index in [2.05, 4.69) is 17.6 Å². The van der Waals surface area contributed by atoms with Gasteiger partial charge in [0.05, 0.1) is 0 Å². The number of fused-ring (bicyclic) bond motifs is 1. The third-order valence-corrected chi connectivity index (χ3v) is 4.16. The van der Waals surface area contributed by atoms with E-state index in [9.17, 15) is 9.59 Å². The van der Waals surface area contributed by atoms with Gasteiger partial charge in [-0.3, -0.25) is 4.79 Å². The number of amides is 3. The Morgan fingerprint density at radius 1 is 1.35 bits per heavy atom. The highest BCUT2D eigenvalue weighted by Gasteiger charge is 2.39. The van der Waals surface area contributed by atoms with E-state index in [-0.39, 0.29) is 18.3 Å². The number of likely N-dealkylation sites (tertiary alicyclic amines) is 1. The Morgan fingerprint density at radius 3 is 2.45 bits per heavy atom. The first-order chi connectivity index (χ1) is 9.11. The van der Waals surface area contributed by atoms with Crippen molar-refractivity contribution in [1.82, 2.24) is 15.5 Å². The lowest BCUT2D eigenvalue weighted by molar-refractivity contribution is -0.132. The maximum atomic E-state index is 12.5. The van der Waals surface area contributed by atoms with Crippen LogP contribution < -0.4 is 16.4 Å². The molecule has 0 radical (unpaired) electrons. The van der Waals surface area contributed by atoms with Gasteiger partial charge in [0.25, 0.3) is 0 Å². The van der Waals surface area contributed by atoms with Gasteiger partial charge in [-0.2, -0.15) is 0 Å². The average molecular weight is 305 g/mol. The van der Waals surface area contributed by atoms with E-state index in [0.717, 1.165) is 39.0 Å². The molecule has 4 N–H and O–H groups in total. The van der Waals surface area contributed by atoms with Gasteiger partial charge in [-0.25, -0.2) is 4.79 Å². The van der Waals surface area contributed by atoms with Gasteiger partial charge in [-0.15, -0.1) is 12.4 Å². The van der Waals surface area contributed by atoms with Crippen LogP contribution in [0.25, 0.3) is 0 Å². The highest BCUT2D eigenvalue weighted by molar-refractivity contribution is 5.86. The number of halogens is 1. The number of rotatable bonds is 5. The molecule has 0 aromatic rings. The van der Waals surface area contributed by atoms with Crippen LogP contribution >= 0.6 is 12.4 Å².